The second-order valence-corrected chi connectivity index (χ2v) is 4.10. The molecule has 2 aliphatic rings. The average molecular weight is 183 g/mol. The quantitative estimate of drug-likeness (QED) is 0.711. The van der Waals surface area contributed by atoms with Crippen molar-refractivity contribution in [3.05, 3.63) is 0 Å². The number of ether oxygens (including phenoxy) is 1. The molecule has 3 nitrogen and oxygen atoms in total. The summed E-state index contributed by atoms with van der Waals surface area (Å²) in [5.41, 5.74) is 0. The lowest BCUT2D eigenvalue weighted by Crippen LogP contribution is -2.29. The highest BCUT2D eigenvalue weighted by atomic mass is 16.5. The molecule has 1 saturated carbocycles. The standard InChI is InChI=1S/C10H17NO2/c12-10(11-9-1-2-9)7-8-3-5-13-6-4-8/h8-9H,1-7H2,(H,11,12). The van der Waals surface area contributed by atoms with Crippen molar-refractivity contribution in [3.63, 3.8) is 0 Å². The summed E-state index contributed by atoms with van der Waals surface area (Å²) in [6, 6.07) is 0.507. The SMILES string of the molecule is O=C(CC1CCOCC1)NC1CC1. The van der Waals surface area contributed by atoms with Crippen LogP contribution in [0.2, 0.25) is 0 Å². The summed E-state index contributed by atoms with van der Waals surface area (Å²) in [5, 5.41) is 3.02. The van der Waals surface area contributed by atoms with Crippen molar-refractivity contribution in [2.45, 2.75) is 38.1 Å². The Bertz CT molecular complexity index is 183. The lowest BCUT2D eigenvalue weighted by molar-refractivity contribution is -0.122. The molecule has 0 aromatic carbocycles. The van der Waals surface area contributed by atoms with E-state index in [0.29, 0.717) is 18.4 Å². The Morgan fingerprint density at radius 2 is 1.92 bits per heavy atom. The van der Waals surface area contributed by atoms with Crippen LogP contribution in [0.25, 0.3) is 0 Å². The molecule has 0 aromatic rings. The van der Waals surface area contributed by atoms with Crippen LogP contribution in [-0.4, -0.2) is 25.2 Å². The molecule has 2 fully saturated rings. The van der Waals surface area contributed by atoms with Gasteiger partial charge in [-0.15, -0.1) is 0 Å². The third-order valence-electron chi connectivity index (χ3n) is 2.76. The molecule has 0 bridgehead atoms. The molecule has 1 aliphatic heterocycles. The summed E-state index contributed by atoms with van der Waals surface area (Å²) in [7, 11) is 0. The maximum atomic E-state index is 11.4. The van der Waals surface area contributed by atoms with Gasteiger partial charge in [0.25, 0.3) is 0 Å². The topological polar surface area (TPSA) is 38.3 Å². The van der Waals surface area contributed by atoms with Crippen molar-refractivity contribution in [2.24, 2.45) is 5.92 Å². The van der Waals surface area contributed by atoms with Gasteiger partial charge in [0.2, 0.25) is 5.91 Å². The normalized spacial score (nSPS) is 24.3. The van der Waals surface area contributed by atoms with Crippen molar-refractivity contribution in [2.75, 3.05) is 13.2 Å². The van der Waals surface area contributed by atoms with Crippen LogP contribution >= 0.6 is 0 Å². The fourth-order valence-electron chi connectivity index (χ4n) is 1.73. The molecule has 0 aromatic heterocycles. The summed E-state index contributed by atoms with van der Waals surface area (Å²) in [6.45, 7) is 1.67. The lowest BCUT2D eigenvalue weighted by atomic mass is 9.96. The molecule has 74 valence electrons. The van der Waals surface area contributed by atoms with Crippen LogP contribution < -0.4 is 5.32 Å². The molecule has 2 rings (SSSR count). The number of rotatable bonds is 3. The molecule has 3 heteroatoms. The number of carbonyl (C=O) groups excluding carboxylic acids is 1. The van der Waals surface area contributed by atoms with Gasteiger partial charge in [-0.05, 0) is 31.6 Å². The van der Waals surface area contributed by atoms with Gasteiger partial charge in [-0.1, -0.05) is 0 Å². The van der Waals surface area contributed by atoms with Crippen LogP contribution in [0.5, 0.6) is 0 Å². The van der Waals surface area contributed by atoms with Crippen LogP contribution in [-0.2, 0) is 9.53 Å². The molecular formula is C10H17NO2. The maximum Gasteiger partial charge on any atom is 0.220 e. The first kappa shape index (κ1) is 9.00. The molecule has 1 heterocycles. The maximum absolute atomic E-state index is 11.4. The Hall–Kier alpha value is -0.570. The van der Waals surface area contributed by atoms with Crippen molar-refractivity contribution < 1.29 is 9.53 Å². The highest BCUT2D eigenvalue weighted by Crippen LogP contribution is 2.21. The van der Waals surface area contributed by atoms with Crippen LogP contribution in [0.3, 0.4) is 0 Å². The Morgan fingerprint density at radius 3 is 2.54 bits per heavy atom. The van der Waals surface area contributed by atoms with Gasteiger partial charge in [0, 0.05) is 25.7 Å². The molecule has 13 heavy (non-hydrogen) atoms. The third-order valence-corrected chi connectivity index (χ3v) is 2.76. The van der Waals surface area contributed by atoms with E-state index in [9.17, 15) is 4.79 Å². The first-order valence-electron chi connectivity index (χ1n) is 5.21. The molecule has 0 unspecified atom stereocenters. The minimum atomic E-state index is 0.245. The Balaban J connectivity index is 1.66. The minimum Gasteiger partial charge on any atom is -0.381 e. The van der Waals surface area contributed by atoms with Gasteiger partial charge < -0.3 is 10.1 Å². The molecule has 0 radical (unpaired) electrons. The van der Waals surface area contributed by atoms with E-state index in [1.807, 2.05) is 0 Å². The average Bonchev–Trinajstić information content (AvgIpc) is 2.90. The molecular weight excluding hydrogens is 166 g/mol. The number of hydrogen-bond donors (Lipinski definition) is 1. The monoisotopic (exact) mass is 183 g/mol. The molecule has 0 atom stereocenters. The minimum absolute atomic E-state index is 0.245. The van der Waals surface area contributed by atoms with Gasteiger partial charge in [0.1, 0.15) is 0 Å². The summed E-state index contributed by atoms with van der Waals surface area (Å²) < 4.78 is 5.24. The van der Waals surface area contributed by atoms with Crippen LogP contribution in [0.4, 0.5) is 0 Å². The zero-order chi connectivity index (χ0) is 9.10. The van der Waals surface area contributed by atoms with Gasteiger partial charge >= 0.3 is 0 Å². The summed E-state index contributed by atoms with van der Waals surface area (Å²) in [6.07, 6.45) is 5.18. The van der Waals surface area contributed by atoms with Crippen molar-refractivity contribution in [3.8, 4) is 0 Å². The number of carbonyl (C=O) groups is 1. The van der Waals surface area contributed by atoms with Gasteiger partial charge in [-0.2, -0.15) is 0 Å². The molecule has 1 aliphatic carbocycles. The summed E-state index contributed by atoms with van der Waals surface area (Å²) in [5.74, 6) is 0.807. The van der Waals surface area contributed by atoms with E-state index in [0.717, 1.165) is 26.1 Å². The number of hydrogen-bond acceptors (Lipinski definition) is 2. The van der Waals surface area contributed by atoms with Crippen molar-refractivity contribution in [1.29, 1.82) is 0 Å². The Morgan fingerprint density at radius 1 is 1.23 bits per heavy atom. The fourth-order valence-corrected chi connectivity index (χ4v) is 1.73. The fraction of sp³-hybridized carbons (Fsp3) is 0.900. The lowest BCUT2D eigenvalue weighted by Gasteiger charge is -2.21. The predicted octanol–water partition coefficient (Wildman–Crippen LogP) is 1.08. The van der Waals surface area contributed by atoms with Gasteiger partial charge in [0.15, 0.2) is 0 Å². The van der Waals surface area contributed by atoms with Crippen LogP contribution in [0, 0.1) is 5.92 Å². The van der Waals surface area contributed by atoms with E-state index in [1.54, 1.807) is 0 Å². The summed E-state index contributed by atoms with van der Waals surface area (Å²) >= 11 is 0. The molecule has 1 amide bonds. The first-order valence-corrected chi connectivity index (χ1v) is 5.21. The highest BCUT2D eigenvalue weighted by molar-refractivity contribution is 5.76. The second-order valence-electron chi connectivity index (χ2n) is 4.10. The first-order chi connectivity index (χ1) is 6.34. The predicted molar refractivity (Wildman–Crippen MR) is 49.3 cm³/mol. The Kier molecular flexibility index (Phi) is 2.83. The van der Waals surface area contributed by atoms with Crippen LogP contribution in [0.15, 0.2) is 0 Å². The van der Waals surface area contributed by atoms with E-state index in [-0.39, 0.29) is 5.91 Å². The van der Waals surface area contributed by atoms with E-state index in [4.69, 9.17) is 4.74 Å². The number of nitrogens with one attached hydrogen (secondary N) is 1. The third kappa shape index (κ3) is 2.99. The summed E-state index contributed by atoms with van der Waals surface area (Å²) in [4.78, 5) is 11.4. The largest absolute Gasteiger partial charge is 0.381 e. The zero-order valence-electron chi connectivity index (χ0n) is 7.92. The van der Waals surface area contributed by atoms with Gasteiger partial charge in [-0.3, -0.25) is 4.79 Å². The number of amides is 1. The van der Waals surface area contributed by atoms with E-state index < -0.39 is 0 Å². The highest BCUT2D eigenvalue weighted by Gasteiger charge is 2.25. The van der Waals surface area contributed by atoms with E-state index in [1.165, 1.54) is 12.8 Å². The molecule has 1 saturated heterocycles. The smallest absolute Gasteiger partial charge is 0.220 e. The van der Waals surface area contributed by atoms with Crippen LogP contribution in [0.1, 0.15) is 32.1 Å². The molecule has 1 N–H and O–H groups in total. The van der Waals surface area contributed by atoms with Crippen molar-refractivity contribution >= 4 is 5.91 Å². The molecule has 0 spiro atoms. The van der Waals surface area contributed by atoms with E-state index in [2.05, 4.69) is 5.32 Å². The second kappa shape index (κ2) is 4.09. The van der Waals surface area contributed by atoms with Gasteiger partial charge in [0.05, 0.1) is 0 Å². The van der Waals surface area contributed by atoms with E-state index >= 15 is 0 Å². The zero-order valence-corrected chi connectivity index (χ0v) is 7.92. The van der Waals surface area contributed by atoms with Gasteiger partial charge in [-0.25, -0.2) is 0 Å². The van der Waals surface area contributed by atoms with Crippen molar-refractivity contribution in [1.82, 2.24) is 5.32 Å². The Labute approximate surface area is 78.8 Å².